The number of rotatable bonds is 7. The average Bonchev–Trinajstić information content (AvgIpc) is 3.06. The molecule has 146 valence electrons. The topological polar surface area (TPSA) is 73.9 Å². The highest BCUT2D eigenvalue weighted by Gasteiger charge is 2.21. The molecule has 1 amide bonds. The van der Waals surface area contributed by atoms with Gasteiger partial charge in [-0.05, 0) is 44.2 Å². The highest BCUT2D eigenvalue weighted by atomic mass is 32.1. The van der Waals surface area contributed by atoms with Crippen LogP contribution in [0.25, 0.3) is 10.1 Å². The molecule has 1 N–H and O–H groups in total. The van der Waals surface area contributed by atoms with Gasteiger partial charge >= 0.3 is 5.97 Å². The zero-order valence-corrected chi connectivity index (χ0v) is 16.7. The molecule has 0 aliphatic rings. The fourth-order valence-electron chi connectivity index (χ4n) is 2.80. The quantitative estimate of drug-likeness (QED) is 0.581. The second-order valence-corrected chi connectivity index (χ2v) is 6.83. The second kappa shape index (κ2) is 8.75. The number of methoxy groups -OCH3 is 1. The minimum absolute atomic E-state index is 0.273. The molecule has 0 radical (unpaired) electrons. The molecule has 0 bridgehead atoms. The van der Waals surface area contributed by atoms with Crippen molar-refractivity contribution in [1.82, 2.24) is 0 Å². The van der Waals surface area contributed by atoms with Crippen LogP contribution in [0.5, 0.6) is 11.5 Å². The van der Waals surface area contributed by atoms with Crippen molar-refractivity contribution in [3.8, 4) is 11.5 Å². The third kappa shape index (κ3) is 3.94. The number of fused-ring (bicyclic) bond motifs is 1. The first-order chi connectivity index (χ1) is 13.6. The summed E-state index contributed by atoms with van der Waals surface area (Å²) in [6, 6.07) is 12.5. The molecule has 0 fully saturated rings. The molecule has 0 spiro atoms. The largest absolute Gasteiger partial charge is 0.493 e. The van der Waals surface area contributed by atoms with Crippen LogP contribution < -0.4 is 14.8 Å². The van der Waals surface area contributed by atoms with E-state index >= 15 is 0 Å². The Morgan fingerprint density at radius 1 is 1.04 bits per heavy atom. The first-order valence-electron chi connectivity index (χ1n) is 8.89. The van der Waals surface area contributed by atoms with Crippen LogP contribution >= 0.6 is 11.3 Å². The Morgan fingerprint density at radius 2 is 1.79 bits per heavy atom. The molecule has 7 heteroatoms. The van der Waals surface area contributed by atoms with Gasteiger partial charge in [-0.25, -0.2) is 4.79 Å². The van der Waals surface area contributed by atoms with E-state index in [1.807, 2.05) is 26.0 Å². The van der Waals surface area contributed by atoms with Gasteiger partial charge in [-0.1, -0.05) is 12.1 Å². The van der Waals surface area contributed by atoms with Crippen LogP contribution in [0.15, 0.2) is 42.5 Å². The smallest absolute Gasteiger partial charge is 0.351 e. The summed E-state index contributed by atoms with van der Waals surface area (Å²) in [5.74, 6) is 0.285. The maximum absolute atomic E-state index is 12.7. The summed E-state index contributed by atoms with van der Waals surface area (Å²) in [5.41, 5.74) is 1.05. The minimum atomic E-state index is -0.444. The molecular weight excluding hydrogens is 378 g/mol. The van der Waals surface area contributed by atoms with Crippen molar-refractivity contribution in [2.45, 2.75) is 13.8 Å². The lowest BCUT2D eigenvalue weighted by molar-refractivity contribution is 0.0602. The van der Waals surface area contributed by atoms with E-state index in [0.29, 0.717) is 40.8 Å². The van der Waals surface area contributed by atoms with Gasteiger partial charge in [0.25, 0.3) is 5.91 Å². The fourth-order valence-corrected chi connectivity index (χ4v) is 3.85. The van der Waals surface area contributed by atoms with Crippen LogP contribution in [0.4, 0.5) is 5.69 Å². The number of para-hydroxylation sites is 1. The van der Waals surface area contributed by atoms with Gasteiger partial charge < -0.3 is 19.5 Å². The van der Waals surface area contributed by atoms with Crippen LogP contribution in [-0.2, 0) is 4.74 Å². The van der Waals surface area contributed by atoms with Crippen molar-refractivity contribution in [2.24, 2.45) is 0 Å². The SMILES string of the molecule is CCOc1ccccc1C(=O)Nc1ccc2sc(C(=O)OC)c(OCC)c2c1. The molecule has 0 aliphatic heterocycles. The molecule has 0 unspecified atom stereocenters. The first-order valence-corrected chi connectivity index (χ1v) is 9.71. The fraction of sp³-hybridized carbons (Fsp3) is 0.238. The van der Waals surface area contributed by atoms with E-state index in [-0.39, 0.29) is 5.91 Å². The molecule has 6 nitrogen and oxygen atoms in total. The maximum Gasteiger partial charge on any atom is 0.351 e. The number of hydrogen-bond acceptors (Lipinski definition) is 6. The van der Waals surface area contributed by atoms with Gasteiger partial charge in [-0.3, -0.25) is 4.79 Å². The van der Waals surface area contributed by atoms with Crippen molar-refractivity contribution in [2.75, 3.05) is 25.6 Å². The Labute approximate surface area is 167 Å². The standard InChI is InChI=1S/C21H21NO5S/c1-4-26-16-9-7-6-8-14(16)20(23)22-13-10-11-17-15(12-13)18(27-5-2)19(28-17)21(24)25-3/h6-12H,4-5H2,1-3H3,(H,22,23). The van der Waals surface area contributed by atoms with Gasteiger partial charge in [-0.2, -0.15) is 0 Å². The summed E-state index contributed by atoms with van der Waals surface area (Å²) in [6.45, 7) is 4.60. The Balaban J connectivity index is 1.95. The van der Waals surface area contributed by atoms with Gasteiger partial charge in [0.1, 0.15) is 5.75 Å². The van der Waals surface area contributed by atoms with E-state index in [4.69, 9.17) is 14.2 Å². The number of anilines is 1. The van der Waals surface area contributed by atoms with E-state index in [9.17, 15) is 9.59 Å². The third-order valence-corrected chi connectivity index (χ3v) is 5.12. The average molecular weight is 399 g/mol. The molecule has 0 saturated heterocycles. The number of nitrogens with one attached hydrogen (secondary N) is 1. The van der Waals surface area contributed by atoms with Crippen molar-refractivity contribution >= 4 is 39.0 Å². The maximum atomic E-state index is 12.7. The number of carbonyl (C=O) groups excluding carboxylic acids is 2. The second-order valence-electron chi connectivity index (χ2n) is 5.78. The number of thiophene rings is 1. The molecule has 3 rings (SSSR count). The molecule has 1 aromatic heterocycles. The molecule has 0 saturated carbocycles. The highest BCUT2D eigenvalue weighted by Crippen LogP contribution is 2.39. The predicted octanol–water partition coefficient (Wildman–Crippen LogP) is 4.74. The lowest BCUT2D eigenvalue weighted by atomic mass is 10.1. The van der Waals surface area contributed by atoms with Crippen LogP contribution in [-0.4, -0.2) is 32.2 Å². The zero-order chi connectivity index (χ0) is 20.1. The third-order valence-electron chi connectivity index (χ3n) is 3.99. The molecule has 2 aromatic carbocycles. The van der Waals surface area contributed by atoms with Crippen molar-refractivity contribution in [3.05, 3.63) is 52.9 Å². The molecule has 3 aromatic rings. The lowest BCUT2D eigenvalue weighted by Crippen LogP contribution is -2.13. The van der Waals surface area contributed by atoms with E-state index in [2.05, 4.69) is 5.32 Å². The number of esters is 1. The van der Waals surface area contributed by atoms with E-state index < -0.39 is 5.97 Å². The molecule has 0 atom stereocenters. The summed E-state index contributed by atoms with van der Waals surface area (Å²) < 4.78 is 16.9. The van der Waals surface area contributed by atoms with E-state index in [1.54, 1.807) is 30.3 Å². The summed E-state index contributed by atoms with van der Waals surface area (Å²) in [6.07, 6.45) is 0. The normalized spacial score (nSPS) is 10.5. The molecule has 28 heavy (non-hydrogen) atoms. The Bertz CT molecular complexity index is 1010. The first kappa shape index (κ1) is 19.7. The molecule has 1 heterocycles. The summed E-state index contributed by atoms with van der Waals surface area (Å²) in [4.78, 5) is 25.2. The van der Waals surface area contributed by atoms with Gasteiger partial charge in [-0.15, -0.1) is 11.3 Å². The molecular formula is C21H21NO5S. The summed E-state index contributed by atoms with van der Waals surface area (Å²) in [7, 11) is 1.34. The summed E-state index contributed by atoms with van der Waals surface area (Å²) >= 11 is 1.30. The minimum Gasteiger partial charge on any atom is -0.493 e. The van der Waals surface area contributed by atoms with E-state index in [1.165, 1.54) is 18.4 Å². The van der Waals surface area contributed by atoms with Crippen LogP contribution in [0, 0.1) is 0 Å². The number of amides is 1. The number of hydrogen-bond donors (Lipinski definition) is 1. The van der Waals surface area contributed by atoms with Crippen molar-refractivity contribution < 1.29 is 23.8 Å². The number of carbonyl (C=O) groups is 2. The van der Waals surface area contributed by atoms with Crippen molar-refractivity contribution in [1.29, 1.82) is 0 Å². The molecule has 0 aliphatic carbocycles. The van der Waals surface area contributed by atoms with Gasteiger partial charge in [0.15, 0.2) is 10.6 Å². The Hall–Kier alpha value is -3.06. The van der Waals surface area contributed by atoms with Gasteiger partial charge in [0, 0.05) is 15.8 Å². The number of benzene rings is 2. The van der Waals surface area contributed by atoms with Gasteiger partial charge in [0.2, 0.25) is 0 Å². The Kier molecular flexibility index (Phi) is 6.16. The van der Waals surface area contributed by atoms with Gasteiger partial charge in [0.05, 0.1) is 25.9 Å². The van der Waals surface area contributed by atoms with Crippen LogP contribution in [0.3, 0.4) is 0 Å². The van der Waals surface area contributed by atoms with E-state index in [0.717, 1.165) is 10.1 Å². The van der Waals surface area contributed by atoms with Crippen LogP contribution in [0.1, 0.15) is 33.9 Å². The summed E-state index contributed by atoms with van der Waals surface area (Å²) in [5, 5.41) is 3.64. The predicted molar refractivity (Wildman–Crippen MR) is 110 cm³/mol. The monoisotopic (exact) mass is 399 g/mol. The van der Waals surface area contributed by atoms with Crippen LogP contribution in [0.2, 0.25) is 0 Å². The lowest BCUT2D eigenvalue weighted by Gasteiger charge is -2.11. The number of ether oxygens (including phenoxy) is 3. The van der Waals surface area contributed by atoms with Crippen molar-refractivity contribution in [3.63, 3.8) is 0 Å². The Morgan fingerprint density at radius 3 is 2.50 bits per heavy atom. The highest BCUT2D eigenvalue weighted by molar-refractivity contribution is 7.21. The zero-order valence-electron chi connectivity index (χ0n) is 15.9.